The van der Waals surface area contributed by atoms with Gasteiger partial charge >= 0.3 is 0 Å². The number of hydrogen-bond donors (Lipinski definition) is 1. The number of imidazole rings is 1. The van der Waals surface area contributed by atoms with Crippen LogP contribution in [0.1, 0.15) is 5.89 Å². The Morgan fingerprint density at radius 1 is 1.26 bits per heavy atom. The Kier molecular flexibility index (Phi) is 3.82. The van der Waals surface area contributed by atoms with Crippen LogP contribution >= 0.6 is 11.6 Å². The smallest absolute Gasteiger partial charge is 0.282 e. The van der Waals surface area contributed by atoms with E-state index in [-0.39, 0.29) is 21.8 Å². The number of anilines is 1. The molecule has 0 fully saturated rings. The third kappa shape index (κ3) is 2.92. The number of benzene rings is 1. The van der Waals surface area contributed by atoms with Crippen molar-refractivity contribution in [1.82, 2.24) is 19.7 Å². The second-order valence-electron chi connectivity index (χ2n) is 4.73. The number of halogens is 1. The minimum Gasteiger partial charge on any atom is -0.421 e. The lowest BCUT2D eigenvalue weighted by Crippen LogP contribution is -2.14. The van der Waals surface area contributed by atoms with Crippen molar-refractivity contribution in [1.29, 1.82) is 0 Å². The Balaban J connectivity index is 2.02. The highest BCUT2D eigenvalue weighted by Crippen LogP contribution is 2.29. The summed E-state index contributed by atoms with van der Waals surface area (Å²) in [5.74, 6) is 0.596. The van der Waals surface area contributed by atoms with Gasteiger partial charge in [-0.25, -0.2) is 4.98 Å². The summed E-state index contributed by atoms with van der Waals surface area (Å²) in [5, 5.41) is 7.41. The third-order valence-corrected chi connectivity index (χ3v) is 4.87. The van der Waals surface area contributed by atoms with E-state index in [2.05, 4.69) is 19.9 Å². The number of sulfonamides is 1. The zero-order valence-corrected chi connectivity index (χ0v) is 13.8. The Morgan fingerprint density at radius 3 is 2.61 bits per heavy atom. The molecule has 0 aliphatic carbocycles. The molecule has 0 amide bonds. The minimum atomic E-state index is -3.95. The average molecular weight is 354 g/mol. The maximum atomic E-state index is 12.5. The normalized spacial score (nSPS) is 11.6. The molecule has 2 heterocycles. The first-order chi connectivity index (χ1) is 10.9. The van der Waals surface area contributed by atoms with Crippen molar-refractivity contribution in [2.45, 2.75) is 11.9 Å². The summed E-state index contributed by atoms with van der Waals surface area (Å²) in [7, 11) is -2.35. The number of rotatable bonds is 4. The average Bonchev–Trinajstić information content (AvgIpc) is 3.07. The van der Waals surface area contributed by atoms with Gasteiger partial charge in [0.1, 0.15) is 5.15 Å². The molecule has 1 N–H and O–H groups in total. The summed E-state index contributed by atoms with van der Waals surface area (Å²) in [5.41, 5.74) is 0.751. The van der Waals surface area contributed by atoms with Gasteiger partial charge in [-0.2, -0.15) is 8.42 Å². The van der Waals surface area contributed by atoms with Crippen LogP contribution in [0.4, 0.5) is 5.69 Å². The van der Waals surface area contributed by atoms with Gasteiger partial charge in [0, 0.05) is 14.0 Å². The molecule has 0 aliphatic rings. The summed E-state index contributed by atoms with van der Waals surface area (Å²) >= 11 is 5.96. The van der Waals surface area contributed by atoms with Crippen molar-refractivity contribution in [3.63, 3.8) is 0 Å². The van der Waals surface area contributed by atoms with E-state index < -0.39 is 10.0 Å². The van der Waals surface area contributed by atoms with Gasteiger partial charge in [0.2, 0.25) is 16.8 Å². The van der Waals surface area contributed by atoms with Crippen molar-refractivity contribution >= 4 is 27.3 Å². The fourth-order valence-electron chi connectivity index (χ4n) is 1.93. The summed E-state index contributed by atoms with van der Waals surface area (Å²) in [4.78, 5) is 3.82. The van der Waals surface area contributed by atoms with E-state index in [1.54, 1.807) is 38.2 Å². The van der Waals surface area contributed by atoms with Crippen molar-refractivity contribution < 1.29 is 12.8 Å². The Labute approximate surface area is 137 Å². The Bertz CT molecular complexity index is 964. The molecule has 0 bridgehead atoms. The van der Waals surface area contributed by atoms with Crippen LogP contribution in [-0.4, -0.2) is 28.2 Å². The number of hydrogen-bond acceptors (Lipinski definition) is 6. The highest BCUT2D eigenvalue weighted by molar-refractivity contribution is 7.92. The zero-order valence-electron chi connectivity index (χ0n) is 12.2. The highest BCUT2D eigenvalue weighted by Gasteiger charge is 2.24. The molecule has 0 saturated carbocycles. The fraction of sp³-hybridized carbons (Fsp3) is 0.154. The summed E-state index contributed by atoms with van der Waals surface area (Å²) in [6.07, 6.45) is 1.32. The Hall–Kier alpha value is -2.39. The van der Waals surface area contributed by atoms with Gasteiger partial charge in [-0.1, -0.05) is 23.7 Å². The molecule has 0 radical (unpaired) electrons. The van der Waals surface area contributed by atoms with Gasteiger partial charge in [0.15, 0.2) is 0 Å². The molecule has 3 aromatic rings. The predicted molar refractivity (Wildman–Crippen MR) is 83.5 cm³/mol. The van der Waals surface area contributed by atoms with Gasteiger partial charge < -0.3 is 8.98 Å². The zero-order chi connectivity index (χ0) is 16.6. The van der Waals surface area contributed by atoms with E-state index in [0.717, 1.165) is 0 Å². The van der Waals surface area contributed by atoms with E-state index in [1.165, 1.54) is 10.9 Å². The van der Waals surface area contributed by atoms with Crippen LogP contribution < -0.4 is 4.72 Å². The lowest BCUT2D eigenvalue weighted by molar-refractivity contribution is 0.533. The first-order valence-electron chi connectivity index (χ1n) is 6.47. The molecule has 8 nitrogen and oxygen atoms in total. The quantitative estimate of drug-likeness (QED) is 0.771. The maximum absolute atomic E-state index is 12.5. The van der Waals surface area contributed by atoms with Crippen molar-refractivity contribution in [3.8, 4) is 11.5 Å². The number of para-hydroxylation sites is 1. The molecule has 0 spiro atoms. The monoisotopic (exact) mass is 353 g/mol. The van der Waals surface area contributed by atoms with Gasteiger partial charge in [-0.15, -0.1) is 10.2 Å². The molecule has 3 rings (SSSR count). The maximum Gasteiger partial charge on any atom is 0.282 e. The molecule has 120 valence electrons. The highest BCUT2D eigenvalue weighted by atomic mass is 35.5. The lowest BCUT2D eigenvalue weighted by atomic mass is 10.2. The summed E-state index contributed by atoms with van der Waals surface area (Å²) < 4.78 is 34.2. The lowest BCUT2D eigenvalue weighted by Gasteiger charge is -2.09. The largest absolute Gasteiger partial charge is 0.421 e. The third-order valence-electron chi connectivity index (χ3n) is 3.02. The molecule has 0 saturated heterocycles. The predicted octanol–water partition coefficient (Wildman–Crippen LogP) is 2.23. The van der Waals surface area contributed by atoms with E-state index in [1.807, 2.05) is 0 Å². The standard InChI is InChI=1S/C13H12ClN5O3S/c1-8-16-17-12(22-8)9-5-3-4-6-10(9)18-23(20,21)13-11(14)19(2)7-15-13/h3-7,18H,1-2H3. The van der Waals surface area contributed by atoms with Gasteiger partial charge in [0.25, 0.3) is 10.0 Å². The number of nitrogens with one attached hydrogen (secondary N) is 1. The SMILES string of the molecule is Cc1nnc(-c2ccccc2NS(=O)(=O)c2ncn(C)c2Cl)o1. The fourth-order valence-corrected chi connectivity index (χ4v) is 3.44. The number of nitrogens with zero attached hydrogens (tertiary/aromatic N) is 4. The number of aromatic nitrogens is 4. The first kappa shape index (κ1) is 15.5. The molecular weight excluding hydrogens is 342 g/mol. The minimum absolute atomic E-state index is 0.0172. The number of aryl methyl sites for hydroxylation is 2. The van der Waals surface area contributed by atoms with E-state index in [9.17, 15) is 8.42 Å². The van der Waals surface area contributed by atoms with Crippen LogP contribution in [0.25, 0.3) is 11.5 Å². The molecular formula is C13H12ClN5O3S. The first-order valence-corrected chi connectivity index (χ1v) is 8.34. The molecule has 0 atom stereocenters. The topological polar surface area (TPSA) is 103 Å². The Morgan fingerprint density at radius 2 is 2.00 bits per heavy atom. The molecule has 10 heteroatoms. The van der Waals surface area contributed by atoms with Crippen LogP contribution in [0.3, 0.4) is 0 Å². The van der Waals surface area contributed by atoms with Gasteiger partial charge in [-0.05, 0) is 12.1 Å². The molecule has 23 heavy (non-hydrogen) atoms. The van der Waals surface area contributed by atoms with E-state index >= 15 is 0 Å². The van der Waals surface area contributed by atoms with Crippen molar-refractivity contribution in [2.24, 2.45) is 7.05 Å². The van der Waals surface area contributed by atoms with Crippen LogP contribution in [0.5, 0.6) is 0 Å². The van der Waals surface area contributed by atoms with E-state index in [0.29, 0.717) is 11.5 Å². The molecule has 1 aromatic carbocycles. The van der Waals surface area contributed by atoms with Crippen LogP contribution in [-0.2, 0) is 17.1 Å². The van der Waals surface area contributed by atoms with Crippen LogP contribution in [0.15, 0.2) is 40.0 Å². The van der Waals surface area contributed by atoms with Crippen LogP contribution in [0.2, 0.25) is 5.15 Å². The second kappa shape index (κ2) is 5.67. The summed E-state index contributed by atoms with van der Waals surface area (Å²) in [6, 6.07) is 6.68. The molecule has 0 aliphatic heterocycles. The summed E-state index contributed by atoms with van der Waals surface area (Å²) in [6.45, 7) is 1.65. The molecule has 0 unspecified atom stereocenters. The van der Waals surface area contributed by atoms with Crippen LogP contribution in [0, 0.1) is 6.92 Å². The molecule has 2 aromatic heterocycles. The van der Waals surface area contributed by atoms with Gasteiger partial charge in [-0.3, -0.25) is 4.72 Å². The van der Waals surface area contributed by atoms with Crippen molar-refractivity contribution in [2.75, 3.05) is 4.72 Å². The van der Waals surface area contributed by atoms with Gasteiger partial charge in [0.05, 0.1) is 17.6 Å². The second-order valence-corrected chi connectivity index (χ2v) is 6.68. The van der Waals surface area contributed by atoms with Crippen molar-refractivity contribution in [3.05, 3.63) is 41.6 Å². The van der Waals surface area contributed by atoms with E-state index in [4.69, 9.17) is 16.0 Å².